The van der Waals surface area contributed by atoms with Crippen molar-refractivity contribution >= 4 is 34.4 Å². The van der Waals surface area contributed by atoms with E-state index in [1.165, 1.54) is 24.2 Å². The summed E-state index contributed by atoms with van der Waals surface area (Å²) in [4.78, 5) is 16.6. The fourth-order valence-electron chi connectivity index (χ4n) is 4.48. The van der Waals surface area contributed by atoms with Gasteiger partial charge < -0.3 is 10.3 Å². The van der Waals surface area contributed by atoms with Gasteiger partial charge in [-0.25, -0.2) is 4.31 Å². The molecule has 1 aliphatic heterocycles. The molecule has 0 amide bonds. The van der Waals surface area contributed by atoms with Gasteiger partial charge in [0.1, 0.15) is 5.39 Å². The lowest BCUT2D eigenvalue weighted by molar-refractivity contribution is 0.203. The zero-order chi connectivity index (χ0) is 21.2. The first-order valence-electron chi connectivity index (χ1n) is 11.0. The lowest BCUT2D eigenvalue weighted by atomic mass is 9.79. The Morgan fingerprint density at radius 2 is 1.97 bits per heavy atom. The van der Waals surface area contributed by atoms with Crippen LogP contribution in [0.5, 0.6) is 0 Å². The number of hydrogen-bond donors (Lipinski definition) is 2. The third-order valence-electron chi connectivity index (χ3n) is 6.36. The Hall–Kier alpha value is -2.76. The third kappa shape index (κ3) is 4.08. The molecule has 2 fully saturated rings. The van der Waals surface area contributed by atoms with Crippen molar-refractivity contribution in [2.75, 3.05) is 18.4 Å². The summed E-state index contributed by atoms with van der Waals surface area (Å²) >= 11 is 1.80. The Morgan fingerprint density at radius 1 is 1.19 bits per heavy atom. The van der Waals surface area contributed by atoms with Crippen LogP contribution in [0.25, 0.3) is 10.9 Å². The fourth-order valence-corrected chi connectivity index (χ4v) is 5.47. The number of anilines is 2. The van der Waals surface area contributed by atoms with Crippen molar-refractivity contribution in [2.45, 2.75) is 49.5 Å². The van der Waals surface area contributed by atoms with Gasteiger partial charge in [0.15, 0.2) is 5.82 Å². The van der Waals surface area contributed by atoms with Gasteiger partial charge in [0, 0.05) is 29.9 Å². The number of nitriles is 1. The van der Waals surface area contributed by atoms with Crippen LogP contribution in [0.15, 0.2) is 46.2 Å². The molecule has 8 heteroatoms. The molecule has 1 aliphatic carbocycles. The molecule has 1 saturated carbocycles. The Morgan fingerprint density at radius 3 is 2.65 bits per heavy atom. The highest BCUT2D eigenvalue weighted by Crippen LogP contribution is 2.40. The van der Waals surface area contributed by atoms with Gasteiger partial charge >= 0.3 is 0 Å². The number of hydrogen-bond acceptors (Lipinski definition) is 6. The van der Waals surface area contributed by atoms with E-state index in [0.29, 0.717) is 23.5 Å². The summed E-state index contributed by atoms with van der Waals surface area (Å²) in [5, 5.41) is 18.1. The molecular weight excluding hydrogens is 408 g/mol. The standard InChI is InChI=1S/C23H26N6OS/c24-12-10-19(16-4-3-5-16)29-20-11-13-25-23(30)21(20)22(27-29)26-17-6-8-18(9-7-17)31-28-14-1-2-15-28/h6-9,11,13,16,19H,1-5,10,14-15H2,(H,25,30)(H,26,27). The van der Waals surface area contributed by atoms with Crippen LogP contribution in [0.2, 0.25) is 0 Å². The average molecular weight is 435 g/mol. The van der Waals surface area contributed by atoms with E-state index in [0.717, 1.165) is 37.1 Å². The van der Waals surface area contributed by atoms with E-state index in [-0.39, 0.29) is 11.6 Å². The largest absolute Gasteiger partial charge is 0.338 e. The molecule has 0 spiro atoms. The van der Waals surface area contributed by atoms with Gasteiger partial charge in [0.05, 0.1) is 24.0 Å². The summed E-state index contributed by atoms with van der Waals surface area (Å²) in [6.07, 6.45) is 8.00. The van der Waals surface area contributed by atoms with Gasteiger partial charge in [-0.1, -0.05) is 6.42 Å². The number of nitrogens with one attached hydrogen (secondary N) is 2. The van der Waals surface area contributed by atoms with Crippen molar-refractivity contribution < 1.29 is 0 Å². The van der Waals surface area contributed by atoms with Crippen LogP contribution in [0.3, 0.4) is 0 Å². The maximum atomic E-state index is 12.7. The lowest BCUT2D eigenvalue weighted by Gasteiger charge is -2.32. The molecule has 3 heterocycles. The highest BCUT2D eigenvalue weighted by Gasteiger charge is 2.31. The molecule has 5 rings (SSSR count). The number of rotatable bonds is 7. The first kappa shape index (κ1) is 20.2. The molecule has 1 atom stereocenters. The molecule has 3 aromatic rings. The van der Waals surface area contributed by atoms with Gasteiger partial charge in [-0.3, -0.25) is 9.48 Å². The van der Waals surface area contributed by atoms with E-state index in [9.17, 15) is 10.1 Å². The van der Waals surface area contributed by atoms with Crippen LogP contribution in [-0.2, 0) is 0 Å². The number of benzene rings is 1. The number of H-pyrrole nitrogens is 1. The number of pyridine rings is 1. The predicted molar refractivity (Wildman–Crippen MR) is 123 cm³/mol. The van der Waals surface area contributed by atoms with E-state index in [1.54, 1.807) is 18.1 Å². The smallest absolute Gasteiger partial charge is 0.261 e. The summed E-state index contributed by atoms with van der Waals surface area (Å²) in [6, 6.07) is 12.4. The van der Waals surface area contributed by atoms with E-state index in [2.05, 4.69) is 32.8 Å². The van der Waals surface area contributed by atoms with Crippen LogP contribution >= 0.6 is 11.9 Å². The summed E-state index contributed by atoms with van der Waals surface area (Å²) in [5.74, 6) is 0.982. The van der Waals surface area contributed by atoms with Crippen LogP contribution in [0.4, 0.5) is 11.5 Å². The van der Waals surface area contributed by atoms with E-state index in [4.69, 9.17) is 5.10 Å². The Labute approximate surface area is 185 Å². The molecule has 1 unspecified atom stereocenters. The predicted octanol–water partition coefficient (Wildman–Crippen LogP) is 4.83. The van der Waals surface area contributed by atoms with Gasteiger partial charge in [0.25, 0.3) is 5.56 Å². The van der Waals surface area contributed by atoms with Crippen LogP contribution in [-0.4, -0.2) is 32.2 Å². The van der Waals surface area contributed by atoms with Crippen molar-refractivity contribution in [3.05, 3.63) is 46.9 Å². The first-order chi connectivity index (χ1) is 15.2. The van der Waals surface area contributed by atoms with Crippen molar-refractivity contribution in [3.63, 3.8) is 0 Å². The second-order valence-electron chi connectivity index (χ2n) is 8.36. The molecular formula is C23H26N6OS. The minimum absolute atomic E-state index is 0.00200. The van der Waals surface area contributed by atoms with E-state index in [1.807, 2.05) is 22.9 Å². The van der Waals surface area contributed by atoms with Crippen LogP contribution < -0.4 is 10.9 Å². The van der Waals surface area contributed by atoms with E-state index < -0.39 is 0 Å². The summed E-state index contributed by atoms with van der Waals surface area (Å²) < 4.78 is 4.30. The zero-order valence-corrected chi connectivity index (χ0v) is 18.2. The number of nitrogens with zero attached hydrogens (tertiary/aromatic N) is 4. The van der Waals surface area contributed by atoms with Crippen molar-refractivity contribution in [1.29, 1.82) is 5.26 Å². The zero-order valence-electron chi connectivity index (χ0n) is 17.4. The molecule has 0 bridgehead atoms. The molecule has 31 heavy (non-hydrogen) atoms. The van der Waals surface area contributed by atoms with Crippen molar-refractivity contribution in [2.24, 2.45) is 5.92 Å². The first-order valence-corrected chi connectivity index (χ1v) is 11.8. The number of aromatic amines is 1. The van der Waals surface area contributed by atoms with Gasteiger partial charge in [-0.15, -0.1) is 0 Å². The number of aromatic nitrogens is 3. The molecule has 7 nitrogen and oxygen atoms in total. The maximum Gasteiger partial charge on any atom is 0.261 e. The van der Waals surface area contributed by atoms with Gasteiger partial charge in [0.2, 0.25) is 0 Å². The summed E-state index contributed by atoms with van der Waals surface area (Å²) in [5.41, 5.74) is 1.50. The van der Waals surface area contributed by atoms with Gasteiger partial charge in [-0.2, -0.15) is 10.4 Å². The van der Waals surface area contributed by atoms with Crippen molar-refractivity contribution in [3.8, 4) is 6.07 Å². The quantitative estimate of drug-likeness (QED) is 0.518. The van der Waals surface area contributed by atoms with Crippen molar-refractivity contribution in [1.82, 2.24) is 19.1 Å². The second-order valence-corrected chi connectivity index (χ2v) is 9.53. The van der Waals surface area contributed by atoms with E-state index >= 15 is 0 Å². The normalized spacial score (nSPS) is 18.0. The highest BCUT2D eigenvalue weighted by molar-refractivity contribution is 7.97. The molecule has 1 saturated heterocycles. The number of fused-ring (bicyclic) bond motifs is 1. The Balaban J connectivity index is 1.44. The molecule has 160 valence electrons. The summed E-state index contributed by atoms with van der Waals surface area (Å²) in [6.45, 7) is 2.28. The highest BCUT2D eigenvalue weighted by atomic mass is 32.2. The lowest BCUT2D eigenvalue weighted by Crippen LogP contribution is -2.26. The second kappa shape index (κ2) is 8.77. The fraction of sp³-hybridized carbons (Fsp3) is 0.435. The Kier molecular flexibility index (Phi) is 5.70. The molecule has 0 radical (unpaired) electrons. The molecule has 2 aliphatic rings. The third-order valence-corrected chi connectivity index (χ3v) is 7.46. The molecule has 2 aromatic heterocycles. The van der Waals surface area contributed by atoms with Gasteiger partial charge in [-0.05, 0) is 73.9 Å². The summed E-state index contributed by atoms with van der Waals surface area (Å²) in [7, 11) is 0. The minimum atomic E-state index is -0.170. The minimum Gasteiger partial charge on any atom is -0.338 e. The Bertz CT molecular complexity index is 1150. The average Bonchev–Trinajstić information content (AvgIpc) is 3.37. The maximum absolute atomic E-state index is 12.7. The monoisotopic (exact) mass is 434 g/mol. The van der Waals surface area contributed by atoms with Crippen LogP contribution in [0, 0.1) is 17.2 Å². The topological polar surface area (TPSA) is 89.7 Å². The van der Waals surface area contributed by atoms with Crippen LogP contribution in [0.1, 0.15) is 44.6 Å². The molecule has 1 aromatic carbocycles. The molecule has 2 N–H and O–H groups in total. The SMILES string of the molecule is N#CCC(C1CCC1)n1nc(Nc2ccc(SN3CCCC3)cc2)c2c(=O)[nH]ccc21.